The van der Waals surface area contributed by atoms with Crippen LogP contribution in [0.4, 0.5) is 15.8 Å². The minimum Gasteiger partial charge on any atom is -0.493 e. The van der Waals surface area contributed by atoms with Gasteiger partial charge in [0.05, 0.1) is 21.4 Å². The average Bonchev–Trinajstić information content (AvgIpc) is 2.84. The van der Waals surface area contributed by atoms with E-state index in [0.717, 1.165) is 0 Å². The second kappa shape index (κ2) is 12.2. The molecule has 0 aliphatic rings. The summed E-state index contributed by atoms with van der Waals surface area (Å²) in [6, 6.07) is 17.2. The van der Waals surface area contributed by atoms with E-state index < -0.39 is 17.6 Å². The zero-order chi connectivity index (χ0) is 25.4. The Labute approximate surface area is 219 Å². The molecule has 2 N–H and O–H groups in total. The number of benzene rings is 3. The van der Waals surface area contributed by atoms with Crippen molar-refractivity contribution in [3.05, 3.63) is 86.2 Å². The first-order chi connectivity index (χ1) is 16.8. The van der Waals surface area contributed by atoms with Crippen LogP contribution in [0.25, 0.3) is 6.08 Å². The lowest BCUT2D eigenvalue weighted by molar-refractivity contribution is -0.118. The molecule has 3 rings (SSSR count). The summed E-state index contributed by atoms with van der Waals surface area (Å²) in [5, 5.41) is 15.1. The van der Waals surface area contributed by atoms with Crippen molar-refractivity contribution in [1.29, 1.82) is 5.26 Å². The Kier molecular flexibility index (Phi) is 9.05. The fourth-order valence-electron chi connectivity index (χ4n) is 2.90. The number of nitrogens with one attached hydrogen (secondary N) is 2. The number of hydrogen-bond acceptors (Lipinski definition) is 5. The molecule has 0 aliphatic heterocycles. The molecule has 0 saturated carbocycles. The van der Waals surface area contributed by atoms with Crippen LogP contribution in [-0.2, 0) is 9.59 Å². The van der Waals surface area contributed by atoms with Gasteiger partial charge in [0.2, 0.25) is 0 Å². The zero-order valence-electron chi connectivity index (χ0n) is 18.3. The largest absolute Gasteiger partial charge is 0.493 e. The molecule has 0 saturated heterocycles. The van der Waals surface area contributed by atoms with Crippen molar-refractivity contribution in [3.8, 4) is 17.6 Å². The van der Waals surface area contributed by atoms with Crippen LogP contribution < -0.4 is 20.1 Å². The van der Waals surface area contributed by atoms with Gasteiger partial charge in [0.15, 0.2) is 18.1 Å². The van der Waals surface area contributed by atoms with Crippen LogP contribution in [0.3, 0.4) is 0 Å². The van der Waals surface area contributed by atoms with E-state index in [1.54, 1.807) is 36.4 Å². The molecule has 0 aliphatic carbocycles. The van der Waals surface area contributed by atoms with Gasteiger partial charge in [-0.1, -0.05) is 23.7 Å². The topological polar surface area (TPSA) is 100 Å². The molecule has 0 fully saturated rings. The number of nitrogens with zero attached hydrogens (tertiary/aromatic N) is 1. The van der Waals surface area contributed by atoms with Gasteiger partial charge < -0.3 is 20.1 Å². The van der Waals surface area contributed by atoms with Crippen LogP contribution in [0, 0.1) is 20.7 Å². The van der Waals surface area contributed by atoms with Gasteiger partial charge in [-0.05, 0) is 82.8 Å². The second-order valence-electron chi connectivity index (χ2n) is 6.98. The molecule has 0 bridgehead atoms. The monoisotopic (exact) mass is 605 g/mol. The Morgan fingerprint density at radius 2 is 1.86 bits per heavy atom. The van der Waals surface area contributed by atoms with Crippen molar-refractivity contribution >= 4 is 63.5 Å². The minimum absolute atomic E-state index is 0.143. The lowest BCUT2D eigenvalue weighted by atomic mass is 10.1. The molecule has 0 heterocycles. The maximum atomic E-state index is 13.0. The highest BCUT2D eigenvalue weighted by atomic mass is 127. The number of para-hydroxylation sites is 1. The quantitative estimate of drug-likeness (QED) is 0.196. The number of hydrogen-bond donors (Lipinski definition) is 2. The molecule has 0 unspecified atom stereocenters. The highest BCUT2D eigenvalue weighted by molar-refractivity contribution is 14.1. The van der Waals surface area contributed by atoms with Crippen molar-refractivity contribution in [2.75, 3.05) is 24.4 Å². The number of carbonyl (C=O) groups excluding carboxylic acids is 2. The highest BCUT2D eigenvalue weighted by Gasteiger charge is 2.16. The van der Waals surface area contributed by atoms with Gasteiger partial charge in [0, 0.05) is 5.69 Å². The Morgan fingerprint density at radius 1 is 1.14 bits per heavy atom. The highest BCUT2D eigenvalue weighted by Crippen LogP contribution is 2.34. The van der Waals surface area contributed by atoms with E-state index in [4.69, 9.17) is 21.1 Å². The van der Waals surface area contributed by atoms with E-state index in [0.29, 0.717) is 37.0 Å². The molecule has 0 radical (unpaired) electrons. The third kappa shape index (κ3) is 7.18. The van der Waals surface area contributed by atoms with E-state index in [2.05, 4.69) is 10.6 Å². The fourth-order valence-corrected chi connectivity index (χ4v) is 3.86. The Morgan fingerprint density at radius 3 is 2.51 bits per heavy atom. The van der Waals surface area contributed by atoms with Gasteiger partial charge in [-0.15, -0.1) is 0 Å². The number of ether oxygens (including phenoxy) is 2. The molecule has 10 heteroatoms. The molecular formula is C25H18ClFIN3O4. The van der Waals surface area contributed by atoms with Crippen molar-refractivity contribution in [3.63, 3.8) is 0 Å². The predicted molar refractivity (Wildman–Crippen MR) is 140 cm³/mol. The first-order valence-corrected chi connectivity index (χ1v) is 11.5. The lowest BCUT2D eigenvalue weighted by Gasteiger charge is -2.14. The first-order valence-electron chi connectivity index (χ1n) is 10.0. The molecule has 3 aromatic rings. The molecule has 0 aromatic heterocycles. The number of methoxy groups -OCH3 is 1. The molecule has 2 amide bonds. The van der Waals surface area contributed by atoms with Gasteiger partial charge in [-0.2, -0.15) is 5.26 Å². The number of halogens is 3. The number of amides is 2. The van der Waals surface area contributed by atoms with Crippen LogP contribution in [0.2, 0.25) is 5.02 Å². The summed E-state index contributed by atoms with van der Waals surface area (Å²) in [7, 11) is 1.43. The summed E-state index contributed by atoms with van der Waals surface area (Å²) < 4.78 is 24.6. The molecule has 0 atom stereocenters. The van der Waals surface area contributed by atoms with Crippen LogP contribution in [0.1, 0.15) is 5.56 Å². The normalized spacial score (nSPS) is 10.8. The third-order valence-corrected chi connectivity index (χ3v) is 5.66. The zero-order valence-corrected chi connectivity index (χ0v) is 21.2. The molecule has 7 nitrogen and oxygen atoms in total. The van der Waals surface area contributed by atoms with Crippen LogP contribution >= 0.6 is 34.2 Å². The summed E-state index contributed by atoms with van der Waals surface area (Å²) in [5.74, 6) is -0.845. The lowest BCUT2D eigenvalue weighted by Crippen LogP contribution is -2.20. The molecule has 178 valence electrons. The molecular weight excluding hydrogens is 588 g/mol. The predicted octanol–water partition coefficient (Wildman–Crippen LogP) is 5.66. The second-order valence-corrected chi connectivity index (χ2v) is 8.55. The summed E-state index contributed by atoms with van der Waals surface area (Å²) >= 11 is 8.07. The Balaban J connectivity index is 1.74. The summed E-state index contributed by atoms with van der Waals surface area (Å²) in [6.07, 6.45) is 1.40. The van der Waals surface area contributed by atoms with E-state index in [1.165, 1.54) is 37.5 Å². The first kappa shape index (κ1) is 26.0. The fraction of sp³-hybridized carbons (Fsp3) is 0.0800. The van der Waals surface area contributed by atoms with E-state index in [1.807, 2.05) is 28.7 Å². The number of rotatable bonds is 8. The summed E-state index contributed by atoms with van der Waals surface area (Å²) in [4.78, 5) is 24.8. The number of carbonyl (C=O) groups is 2. The molecule has 35 heavy (non-hydrogen) atoms. The third-order valence-electron chi connectivity index (χ3n) is 4.53. The van der Waals surface area contributed by atoms with Gasteiger partial charge in [-0.25, -0.2) is 4.39 Å². The van der Waals surface area contributed by atoms with Crippen LogP contribution in [-0.4, -0.2) is 25.5 Å². The molecule has 0 spiro atoms. The van der Waals surface area contributed by atoms with Gasteiger partial charge >= 0.3 is 0 Å². The Hall–Kier alpha value is -3.62. The smallest absolute Gasteiger partial charge is 0.266 e. The van der Waals surface area contributed by atoms with E-state index in [-0.39, 0.29) is 12.2 Å². The van der Waals surface area contributed by atoms with Crippen molar-refractivity contribution in [1.82, 2.24) is 0 Å². The van der Waals surface area contributed by atoms with E-state index in [9.17, 15) is 19.2 Å². The van der Waals surface area contributed by atoms with Gasteiger partial charge in [0.25, 0.3) is 11.8 Å². The average molecular weight is 606 g/mol. The van der Waals surface area contributed by atoms with Crippen LogP contribution in [0.15, 0.2) is 66.2 Å². The maximum absolute atomic E-state index is 13.0. The summed E-state index contributed by atoms with van der Waals surface area (Å²) in [5.41, 5.74) is 1.19. The number of nitriles is 1. The summed E-state index contributed by atoms with van der Waals surface area (Å²) in [6.45, 7) is -0.317. The van der Waals surface area contributed by atoms with Crippen molar-refractivity contribution in [2.45, 2.75) is 0 Å². The maximum Gasteiger partial charge on any atom is 0.266 e. The van der Waals surface area contributed by atoms with E-state index >= 15 is 0 Å². The van der Waals surface area contributed by atoms with Crippen molar-refractivity contribution < 1.29 is 23.5 Å². The molecule has 3 aromatic carbocycles. The van der Waals surface area contributed by atoms with Gasteiger partial charge in [0.1, 0.15) is 17.5 Å². The standard InChI is InChI=1S/C25H18ClFIN3O4/c1-34-22-12-15(10-16(13-29)25(33)31-21-5-3-2-4-19(21)26)11-20(28)24(22)35-14-23(32)30-18-8-6-17(27)7-9-18/h2-12H,14H2,1H3,(H,30,32)(H,31,33)/b16-10+. The SMILES string of the molecule is COc1cc(/C=C(\C#N)C(=O)Nc2ccccc2Cl)cc(I)c1OCC(=O)Nc1ccc(F)cc1. The Bertz CT molecular complexity index is 1320. The number of anilines is 2. The minimum atomic E-state index is -0.618. The van der Waals surface area contributed by atoms with Crippen LogP contribution in [0.5, 0.6) is 11.5 Å². The van der Waals surface area contributed by atoms with Crippen molar-refractivity contribution in [2.24, 2.45) is 0 Å². The van der Waals surface area contributed by atoms with Gasteiger partial charge in [-0.3, -0.25) is 9.59 Å².